The molecule has 43 heavy (non-hydrogen) atoms. The molecular formula is C42H35N. The van der Waals surface area contributed by atoms with Crippen LogP contribution in [-0.2, 0) is 5.41 Å². The van der Waals surface area contributed by atoms with E-state index in [-0.39, 0.29) is 5.41 Å². The van der Waals surface area contributed by atoms with E-state index in [1.54, 1.807) is 0 Å². The molecule has 1 heteroatoms. The monoisotopic (exact) mass is 553 g/mol. The summed E-state index contributed by atoms with van der Waals surface area (Å²) in [5.41, 5.74) is 12.8. The molecule has 1 aliphatic carbocycles. The van der Waals surface area contributed by atoms with Crippen LogP contribution in [0.25, 0.3) is 43.4 Å². The van der Waals surface area contributed by atoms with Gasteiger partial charge in [0.15, 0.2) is 0 Å². The molecule has 0 aliphatic heterocycles. The van der Waals surface area contributed by atoms with Crippen LogP contribution in [-0.4, -0.2) is 0 Å². The quantitative estimate of drug-likeness (QED) is 0.197. The first-order chi connectivity index (χ1) is 20.8. The van der Waals surface area contributed by atoms with Crippen molar-refractivity contribution in [3.8, 4) is 11.1 Å². The van der Waals surface area contributed by atoms with Crippen LogP contribution in [0.5, 0.6) is 0 Å². The topological polar surface area (TPSA) is 3.24 Å². The van der Waals surface area contributed by atoms with E-state index < -0.39 is 0 Å². The molecule has 0 spiro atoms. The van der Waals surface area contributed by atoms with Crippen molar-refractivity contribution in [2.24, 2.45) is 0 Å². The van der Waals surface area contributed by atoms with Gasteiger partial charge in [-0.3, -0.25) is 0 Å². The van der Waals surface area contributed by atoms with Gasteiger partial charge in [0, 0.05) is 22.2 Å². The molecule has 0 N–H and O–H groups in total. The molecule has 7 aromatic rings. The number of benzene rings is 7. The second kappa shape index (κ2) is 9.31. The van der Waals surface area contributed by atoms with Crippen LogP contribution in [0.15, 0.2) is 121 Å². The molecule has 1 aliphatic rings. The zero-order chi connectivity index (χ0) is 29.5. The Balaban J connectivity index is 1.53. The fraction of sp³-hybridized carbons (Fsp3) is 0.143. The molecule has 0 saturated carbocycles. The minimum atomic E-state index is -0.187. The number of hydrogen-bond donors (Lipinski definition) is 0. The minimum Gasteiger partial charge on any atom is -0.310 e. The van der Waals surface area contributed by atoms with Gasteiger partial charge < -0.3 is 4.90 Å². The van der Waals surface area contributed by atoms with Crippen LogP contribution in [0.1, 0.15) is 41.7 Å². The van der Waals surface area contributed by atoms with Crippen molar-refractivity contribution < 1.29 is 0 Å². The summed E-state index contributed by atoms with van der Waals surface area (Å²) in [5, 5.41) is 7.93. The number of fused-ring (bicyclic) bond motifs is 10. The van der Waals surface area contributed by atoms with Crippen molar-refractivity contribution in [2.45, 2.75) is 40.0 Å². The van der Waals surface area contributed by atoms with Crippen molar-refractivity contribution in [1.29, 1.82) is 0 Å². The molecule has 0 bridgehead atoms. The van der Waals surface area contributed by atoms with E-state index in [0.717, 1.165) is 0 Å². The van der Waals surface area contributed by atoms with Gasteiger partial charge in [-0.25, -0.2) is 0 Å². The number of anilines is 3. The van der Waals surface area contributed by atoms with E-state index in [1.807, 2.05) is 0 Å². The van der Waals surface area contributed by atoms with Gasteiger partial charge in [-0.05, 0) is 105 Å². The Hall–Kier alpha value is -4.88. The largest absolute Gasteiger partial charge is 0.310 e. The zero-order valence-electron chi connectivity index (χ0n) is 25.5. The normalized spacial score (nSPS) is 13.4. The Morgan fingerprint density at radius 3 is 1.67 bits per heavy atom. The second-order valence-corrected chi connectivity index (χ2v) is 12.8. The first-order valence-corrected chi connectivity index (χ1v) is 15.3. The standard InChI is InChI=1S/C42H35N/c1-26-19-22-29(23-20-26)43(37-24-27(2)18-21-28(37)3)38-25-36-39(34-16-10-8-14-32(34)38)40-33-15-9-6-12-30(33)31-13-7-11-17-35(31)41(40)42(36,4)5/h6-25H,1-5H3. The van der Waals surface area contributed by atoms with Gasteiger partial charge >= 0.3 is 0 Å². The summed E-state index contributed by atoms with van der Waals surface area (Å²) in [6.07, 6.45) is 0. The summed E-state index contributed by atoms with van der Waals surface area (Å²) in [5.74, 6) is 0. The highest BCUT2D eigenvalue weighted by Gasteiger charge is 2.40. The summed E-state index contributed by atoms with van der Waals surface area (Å²) < 4.78 is 0. The summed E-state index contributed by atoms with van der Waals surface area (Å²) in [6.45, 7) is 11.4. The van der Waals surface area contributed by atoms with Crippen LogP contribution in [0, 0.1) is 20.8 Å². The smallest absolute Gasteiger partial charge is 0.0543 e. The predicted molar refractivity (Wildman–Crippen MR) is 185 cm³/mol. The zero-order valence-corrected chi connectivity index (χ0v) is 25.5. The molecule has 0 unspecified atom stereocenters. The van der Waals surface area contributed by atoms with Gasteiger partial charge in [0.1, 0.15) is 0 Å². The Morgan fingerprint density at radius 2 is 1.00 bits per heavy atom. The Morgan fingerprint density at radius 1 is 0.465 bits per heavy atom. The van der Waals surface area contributed by atoms with Crippen molar-refractivity contribution in [3.05, 3.63) is 149 Å². The Bertz CT molecular complexity index is 2230. The van der Waals surface area contributed by atoms with Gasteiger partial charge in [0.2, 0.25) is 0 Å². The summed E-state index contributed by atoms with van der Waals surface area (Å²) in [6, 6.07) is 45.3. The fourth-order valence-electron chi connectivity index (χ4n) is 7.55. The molecular weight excluding hydrogens is 518 g/mol. The van der Waals surface area contributed by atoms with Gasteiger partial charge in [-0.2, -0.15) is 0 Å². The van der Waals surface area contributed by atoms with E-state index in [9.17, 15) is 0 Å². The molecule has 0 amide bonds. The Kier molecular flexibility index (Phi) is 5.59. The molecule has 1 nitrogen and oxygen atoms in total. The van der Waals surface area contributed by atoms with Gasteiger partial charge in [-0.1, -0.05) is 116 Å². The lowest BCUT2D eigenvalue weighted by Crippen LogP contribution is -2.18. The lowest BCUT2D eigenvalue weighted by molar-refractivity contribution is 0.667. The van der Waals surface area contributed by atoms with Crippen LogP contribution in [0.3, 0.4) is 0 Å². The van der Waals surface area contributed by atoms with E-state index in [1.165, 1.54) is 88.3 Å². The SMILES string of the molecule is Cc1ccc(N(c2cc(C)ccc2C)c2cc3c(c4ccccc24)-c2c(c4ccccc4c4ccccc24)C3(C)C)cc1. The highest BCUT2D eigenvalue weighted by molar-refractivity contribution is 6.22. The van der Waals surface area contributed by atoms with E-state index in [4.69, 9.17) is 0 Å². The van der Waals surface area contributed by atoms with Crippen LogP contribution in [0.2, 0.25) is 0 Å². The van der Waals surface area contributed by atoms with E-state index >= 15 is 0 Å². The maximum Gasteiger partial charge on any atom is 0.0543 e. The first-order valence-electron chi connectivity index (χ1n) is 15.3. The summed E-state index contributed by atoms with van der Waals surface area (Å²) in [4.78, 5) is 2.49. The predicted octanol–water partition coefficient (Wildman–Crippen LogP) is 11.8. The molecule has 0 aromatic heterocycles. The molecule has 0 heterocycles. The fourth-order valence-corrected chi connectivity index (χ4v) is 7.55. The minimum absolute atomic E-state index is 0.187. The second-order valence-electron chi connectivity index (χ2n) is 12.8. The highest BCUT2D eigenvalue weighted by atomic mass is 15.1. The summed E-state index contributed by atoms with van der Waals surface area (Å²) in [7, 11) is 0. The molecule has 0 saturated heterocycles. The first kappa shape index (κ1) is 25.8. The molecule has 7 aromatic carbocycles. The highest BCUT2D eigenvalue weighted by Crippen LogP contribution is 2.58. The van der Waals surface area contributed by atoms with Crippen molar-refractivity contribution in [3.63, 3.8) is 0 Å². The number of aryl methyl sites for hydroxylation is 3. The van der Waals surface area contributed by atoms with E-state index in [2.05, 4.69) is 161 Å². The number of rotatable bonds is 3. The third-order valence-corrected chi connectivity index (χ3v) is 9.64. The van der Waals surface area contributed by atoms with Crippen LogP contribution >= 0.6 is 0 Å². The van der Waals surface area contributed by atoms with Crippen LogP contribution < -0.4 is 4.90 Å². The van der Waals surface area contributed by atoms with Crippen LogP contribution in [0.4, 0.5) is 17.1 Å². The van der Waals surface area contributed by atoms with Crippen molar-refractivity contribution in [1.82, 2.24) is 0 Å². The lowest BCUT2D eigenvalue weighted by atomic mass is 9.79. The molecule has 0 radical (unpaired) electrons. The van der Waals surface area contributed by atoms with Crippen molar-refractivity contribution >= 4 is 49.4 Å². The average Bonchev–Trinajstić information content (AvgIpc) is 3.27. The number of hydrogen-bond acceptors (Lipinski definition) is 1. The summed E-state index contributed by atoms with van der Waals surface area (Å²) >= 11 is 0. The molecule has 0 fully saturated rings. The van der Waals surface area contributed by atoms with Gasteiger partial charge in [-0.15, -0.1) is 0 Å². The maximum absolute atomic E-state index is 2.50. The van der Waals surface area contributed by atoms with Crippen molar-refractivity contribution in [2.75, 3.05) is 4.90 Å². The van der Waals surface area contributed by atoms with Gasteiger partial charge in [0.05, 0.1) is 5.69 Å². The molecule has 208 valence electrons. The number of nitrogens with zero attached hydrogens (tertiary/aromatic N) is 1. The average molecular weight is 554 g/mol. The Labute approximate surface area is 254 Å². The lowest BCUT2D eigenvalue weighted by Gasteiger charge is -2.31. The van der Waals surface area contributed by atoms with E-state index in [0.29, 0.717) is 0 Å². The van der Waals surface area contributed by atoms with Gasteiger partial charge in [0.25, 0.3) is 0 Å². The maximum atomic E-state index is 2.50. The third kappa shape index (κ3) is 3.71. The molecule has 8 rings (SSSR count). The third-order valence-electron chi connectivity index (χ3n) is 9.64. The molecule has 0 atom stereocenters.